The van der Waals surface area contributed by atoms with Crippen LogP contribution in [0, 0.1) is 11.7 Å². The van der Waals surface area contributed by atoms with Crippen LogP contribution in [0.2, 0.25) is 5.02 Å². The monoisotopic (exact) mass is 213 g/mol. The van der Waals surface area contributed by atoms with Crippen molar-refractivity contribution in [3.63, 3.8) is 0 Å². The summed E-state index contributed by atoms with van der Waals surface area (Å²) in [5.41, 5.74) is 0.290. The van der Waals surface area contributed by atoms with Gasteiger partial charge in [-0.15, -0.1) is 0 Å². The lowest BCUT2D eigenvalue weighted by molar-refractivity contribution is 0.0878. The van der Waals surface area contributed by atoms with E-state index in [4.69, 9.17) is 11.6 Å². The Morgan fingerprint density at radius 1 is 1.50 bits per heavy atom. The summed E-state index contributed by atoms with van der Waals surface area (Å²) < 4.78 is 12.9. The summed E-state index contributed by atoms with van der Waals surface area (Å²) in [5.74, 6) is -0.549. The highest BCUT2D eigenvalue weighted by Crippen LogP contribution is 2.21. The zero-order valence-electron chi connectivity index (χ0n) is 7.39. The van der Waals surface area contributed by atoms with Crippen molar-refractivity contribution in [3.8, 4) is 0 Å². The topological polar surface area (TPSA) is 29.1 Å². The first-order chi connectivity index (χ1) is 6.68. The van der Waals surface area contributed by atoms with E-state index in [1.165, 1.54) is 18.2 Å². The van der Waals surface area contributed by atoms with Crippen LogP contribution in [0.15, 0.2) is 18.2 Å². The highest BCUT2D eigenvalue weighted by molar-refractivity contribution is 6.34. The minimum atomic E-state index is -0.426. The molecule has 0 aromatic heterocycles. The highest BCUT2D eigenvalue weighted by Gasteiger charge is 2.27. The molecule has 1 heterocycles. The summed E-state index contributed by atoms with van der Waals surface area (Å²) in [6.45, 7) is 1.32. The third kappa shape index (κ3) is 1.65. The summed E-state index contributed by atoms with van der Waals surface area (Å²) in [4.78, 5) is 11.7. The molecule has 0 amide bonds. The Hall–Kier alpha value is -0.930. The quantitative estimate of drug-likeness (QED) is 0.761. The molecule has 1 aromatic carbocycles. The second kappa shape index (κ2) is 3.67. The van der Waals surface area contributed by atoms with E-state index >= 15 is 0 Å². The van der Waals surface area contributed by atoms with Gasteiger partial charge in [0.1, 0.15) is 5.82 Å². The number of hydrogen-bond acceptors (Lipinski definition) is 2. The standard InChI is InChI=1S/C10H9ClFNO/c11-9-2-1-7(12)3-8(9)10(14)6-4-13-5-6/h1-3,6,13H,4-5H2. The van der Waals surface area contributed by atoms with Crippen LogP contribution in [0.1, 0.15) is 10.4 Å². The van der Waals surface area contributed by atoms with Gasteiger partial charge in [0, 0.05) is 24.6 Å². The summed E-state index contributed by atoms with van der Waals surface area (Å²) in [5, 5.41) is 3.31. The van der Waals surface area contributed by atoms with E-state index in [1.807, 2.05) is 0 Å². The van der Waals surface area contributed by atoms with E-state index in [0.717, 1.165) is 0 Å². The first-order valence-electron chi connectivity index (χ1n) is 4.38. The van der Waals surface area contributed by atoms with Gasteiger partial charge in [0.05, 0.1) is 5.02 Å². The summed E-state index contributed by atoms with van der Waals surface area (Å²) in [6, 6.07) is 3.86. The summed E-state index contributed by atoms with van der Waals surface area (Å²) in [6.07, 6.45) is 0. The van der Waals surface area contributed by atoms with Crippen LogP contribution in [-0.4, -0.2) is 18.9 Å². The van der Waals surface area contributed by atoms with Crippen LogP contribution in [0.25, 0.3) is 0 Å². The fourth-order valence-corrected chi connectivity index (χ4v) is 1.59. The molecule has 0 bridgehead atoms. The second-order valence-corrected chi connectivity index (χ2v) is 3.75. The maximum Gasteiger partial charge on any atom is 0.170 e. The molecule has 0 saturated carbocycles. The normalized spacial score (nSPS) is 16.4. The van der Waals surface area contributed by atoms with Crippen molar-refractivity contribution in [1.29, 1.82) is 0 Å². The Labute approximate surface area is 86.1 Å². The number of rotatable bonds is 2. The van der Waals surface area contributed by atoms with Gasteiger partial charge in [0.15, 0.2) is 5.78 Å². The van der Waals surface area contributed by atoms with Crippen molar-refractivity contribution in [1.82, 2.24) is 5.32 Å². The van der Waals surface area contributed by atoms with E-state index in [9.17, 15) is 9.18 Å². The van der Waals surface area contributed by atoms with Crippen molar-refractivity contribution in [3.05, 3.63) is 34.6 Å². The maximum atomic E-state index is 12.9. The Morgan fingerprint density at radius 2 is 2.21 bits per heavy atom. The van der Waals surface area contributed by atoms with E-state index in [2.05, 4.69) is 5.32 Å². The zero-order valence-corrected chi connectivity index (χ0v) is 8.14. The first kappa shape index (κ1) is 9.62. The number of hydrogen-bond donors (Lipinski definition) is 1. The summed E-state index contributed by atoms with van der Waals surface area (Å²) in [7, 11) is 0. The molecule has 1 aliphatic heterocycles. The van der Waals surface area contributed by atoms with Gasteiger partial charge < -0.3 is 5.32 Å². The van der Waals surface area contributed by atoms with Crippen LogP contribution in [0.4, 0.5) is 4.39 Å². The van der Waals surface area contributed by atoms with Gasteiger partial charge >= 0.3 is 0 Å². The van der Waals surface area contributed by atoms with E-state index in [1.54, 1.807) is 0 Å². The molecular weight excluding hydrogens is 205 g/mol. The van der Waals surface area contributed by atoms with E-state index < -0.39 is 5.82 Å². The van der Waals surface area contributed by atoms with Gasteiger partial charge in [0.25, 0.3) is 0 Å². The van der Waals surface area contributed by atoms with Crippen molar-refractivity contribution in [2.45, 2.75) is 0 Å². The van der Waals surface area contributed by atoms with E-state index in [0.29, 0.717) is 18.1 Å². The average molecular weight is 214 g/mol. The highest BCUT2D eigenvalue weighted by atomic mass is 35.5. The number of Topliss-reactive ketones (excluding diaryl/α,β-unsaturated/α-hetero) is 1. The molecular formula is C10H9ClFNO. The lowest BCUT2D eigenvalue weighted by atomic mass is 9.93. The van der Waals surface area contributed by atoms with Crippen LogP contribution >= 0.6 is 11.6 Å². The molecule has 1 aliphatic rings. The molecule has 2 rings (SSSR count). The fourth-order valence-electron chi connectivity index (χ4n) is 1.38. The van der Waals surface area contributed by atoms with Crippen molar-refractivity contribution in [2.24, 2.45) is 5.92 Å². The number of halogens is 2. The lowest BCUT2D eigenvalue weighted by Gasteiger charge is -2.25. The van der Waals surface area contributed by atoms with Crippen LogP contribution in [0.5, 0.6) is 0 Å². The molecule has 0 unspecified atom stereocenters. The summed E-state index contributed by atoms with van der Waals surface area (Å²) >= 11 is 5.81. The average Bonchev–Trinajstić information content (AvgIpc) is 2.06. The Balaban J connectivity index is 2.29. The molecule has 1 saturated heterocycles. The predicted octanol–water partition coefficient (Wildman–Crippen LogP) is 1.88. The van der Waals surface area contributed by atoms with Gasteiger partial charge in [0.2, 0.25) is 0 Å². The molecule has 74 valence electrons. The number of carbonyl (C=O) groups excluding carboxylic acids is 1. The molecule has 0 atom stereocenters. The third-order valence-corrected chi connectivity index (χ3v) is 2.68. The third-order valence-electron chi connectivity index (χ3n) is 2.35. The number of carbonyl (C=O) groups is 1. The molecule has 4 heteroatoms. The molecule has 14 heavy (non-hydrogen) atoms. The lowest BCUT2D eigenvalue weighted by Crippen LogP contribution is -2.46. The van der Waals surface area contributed by atoms with Crippen molar-refractivity contribution >= 4 is 17.4 Å². The van der Waals surface area contributed by atoms with Crippen LogP contribution < -0.4 is 5.32 Å². The molecule has 1 fully saturated rings. The van der Waals surface area contributed by atoms with Gasteiger partial charge in [-0.2, -0.15) is 0 Å². The minimum Gasteiger partial charge on any atom is -0.315 e. The Bertz CT molecular complexity index is 376. The van der Waals surface area contributed by atoms with Gasteiger partial charge in [-0.25, -0.2) is 4.39 Å². The molecule has 0 aliphatic carbocycles. The smallest absolute Gasteiger partial charge is 0.170 e. The Morgan fingerprint density at radius 3 is 2.79 bits per heavy atom. The predicted molar refractivity (Wildman–Crippen MR) is 52.1 cm³/mol. The van der Waals surface area contributed by atoms with Crippen molar-refractivity contribution in [2.75, 3.05) is 13.1 Å². The SMILES string of the molecule is O=C(c1cc(F)ccc1Cl)C1CNC1. The molecule has 1 aromatic rings. The molecule has 0 spiro atoms. The number of benzene rings is 1. The van der Waals surface area contributed by atoms with E-state index in [-0.39, 0.29) is 17.3 Å². The largest absolute Gasteiger partial charge is 0.315 e. The first-order valence-corrected chi connectivity index (χ1v) is 4.76. The molecule has 1 N–H and O–H groups in total. The van der Waals surface area contributed by atoms with Gasteiger partial charge in [-0.1, -0.05) is 11.6 Å². The number of nitrogens with one attached hydrogen (secondary N) is 1. The Kier molecular flexibility index (Phi) is 2.52. The minimum absolute atomic E-state index is 0.0469. The number of ketones is 1. The van der Waals surface area contributed by atoms with Gasteiger partial charge in [-0.3, -0.25) is 4.79 Å². The van der Waals surface area contributed by atoms with Gasteiger partial charge in [-0.05, 0) is 18.2 Å². The van der Waals surface area contributed by atoms with Crippen LogP contribution in [-0.2, 0) is 0 Å². The zero-order chi connectivity index (χ0) is 10.1. The van der Waals surface area contributed by atoms with Crippen molar-refractivity contribution < 1.29 is 9.18 Å². The van der Waals surface area contributed by atoms with Crippen LogP contribution in [0.3, 0.4) is 0 Å². The maximum absolute atomic E-state index is 12.9. The fraction of sp³-hybridized carbons (Fsp3) is 0.300. The molecule has 2 nitrogen and oxygen atoms in total. The molecule has 0 radical (unpaired) electrons. The second-order valence-electron chi connectivity index (χ2n) is 3.34.